The number of hydrogen-bond acceptors (Lipinski definition) is 7. The molecule has 29 heavy (non-hydrogen) atoms. The molecule has 8 nitrogen and oxygen atoms in total. The lowest BCUT2D eigenvalue weighted by Crippen LogP contribution is -2.26. The maximum atomic E-state index is 12.2. The average molecular weight is 394 g/mol. The van der Waals surface area contributed by atoms with Gasteiger partial charge in [-0.3, -0.25) is 4.79 Å². The number of ether oxygens (including phenoxy) is 2. The molecule has 1 aliphatic heterocycles. The van der Waals surface area contributed by atoms with Crippen LogP contribution < -0.4 is 14.8 Å². The summed E-state index contributed by atoms with van der Waals surface area (Å²) in [5.41, 5.74) is 3.46. The number of aromatic nitrogens is 3. The van der Waals surface area contributed by atoms with Gasteiger partial charge in [0.2, 0.25) is 12.7 Å². The van der Waals surface area contributed by atoms with Crippen molar-refractivity contribution in [3.63, 3.8) is 0 Å². The molecule has 0 saturated heterocycles. The first kappa shape index (κ1) is 18.9. The highest BCUT2D eigenvalue weighted by Crippen LogP contribution is 2.32. The van der Waals surface area contributed by atoms with E-state index in [1.807, 2.05) is 38.1 Å². The molecular weight excluding hydrogens is 372 g/mol. The lowest BCUT2D eigenvalue weighted by atomic mass is 10.1. The largest absolute Gasteiger partial charge is 0.454 e. The van der Waals surface area contributed by atoms with E-state index in [4.69, 9.17) is 14.0 Å². The molecule has 1 N–H and O–H groups in total. The van der Waals surface area contributed by atoms with Crippen LogP contribution >= 0.6 is 0 Å². The van der Waals surface area contributed by atoms with Gasteiger partial charge < -0.3 is 19.3 Å². The fourth-order valence-electron chi connectivity index (χ4n) is 3.17. The number of amides is 1. The summed E-state index contributed by atoms with van der Waals surface area (Å²) in [5.74, 6) is 2.78. The van der Waals surface area contributed by atoms with E-state index in [9.17, 15) is 4.79 Å². The number of carbonyl (C=O) groups is 1. The molecule has 0 spiro atoms. The number of aryl methyl sites for hydroxylation is 3. The second-order valence-corrected chi connectivity index (χ2v) is 6.90. The molecule has 3 heterocycles. The second kappa shape index (κ2) is 8.30. The first-order valence-electron chi connectivity index (χ1n) is 9.50. The minimum Gasteiger partial charge on any atom is -0.454 e. The molecule has 0 saturated carbocycles. The number of benzene rings is 1. The van der Waals surface area contributed by atoms with Crippen molar-refractivity contribution in [1.29, 1.82) is 0 Å². The summed E-state index contributed by atoms with van der Waals surface area (Å²) in [5, 5.41) is 6.88. The van der Waals surface area contributed by atoms with Gasteiger partial charge in [-0.1, -0.05) is 11.2 Å². The highest BCUT2D eigenvalue weighted by molar-refractivity contribution is 5.76. The van der Waals surface area contributed by atoms with Crippen molar-refractivity contribution in [2.24, 2.45) is 0 Å². The van der Waals surface area contributed by atoms with Crippen molar-refractivity contribution in [2.45, 2.75) is 33.1 Å². The van der Waals surface area contributed by atoms with E-state index < -0.39 is 0 Å². The van der Waals surface area contributed by atoms with Crippen molar-refractivity contribution in [3.8, 4) is 22.8 Å². The van der Waals surface area contributed by atoms with Gasteiger partial charge >= 0.3 is 0 Å². The predicted octanol–water partition coefficient (Wildman–Crippen LogP) is 2.77. The van der Waals surface area contributed by atoms with Gasteiger partial charge in [-0.05, 0) is 38.0 Å². The predicted molar refractivity (Wildman–Crippen MR) is 105 cm³/mol. The van der Waals surface area contributed by atoms with Gasteiger partial charge in [0.1, 0.15) is 5.82 Å². The van der Waals surface area contributed by atoms with Crippen LogP contribution in [-0.2, 0) is 17.6 Å². The highest BCUT2D eigenvalue weighted by atomic mass is 16.7. The molecule has 0 bridgehead atoms. The van der Waals surface area contributed by atoms with Gasteiger partial charge in [-0.2, -0.15) is 0 Å². The summed E-state index contributed by atoms with van der Waals surface area (Å²) in [6.07, 6.45) is 3.35. The van der Waals surface area contributed by atoms with E-state index in [-0.39, 0.29) is 12.7 Å². The second-order valence-electron chi connectivity index (χ2n) is 6.90. The zero-order valence-electron chi connectivity index (χ0n) is 16.4. The summed E-state index contributed by atoms with van der Waals surface area (Å²) >= 11 is 0. The lowest BCUT2D eigenvalue weighted by molar-refractivity contribution is -0.121. The van der Waals surface area contributed by atoms with E-state index in [0.29, 0.717) is 37.4 Å². The molecule has 1 aliphatic rings. The molecule has 2 aromatic heterocycles. The van der Waals surface area contributed by atoms with Crippen LogP contribution in [0.5, 0.6) is 11.5 Å². The molecule has 0 atom stereocenters. The topological polar surface area (TPSA) is 99.4 Å². The van der Waals surface area contributed by atoms with Crippen molar-refractivity contribution < 1.29 is 18.8 Å². The maximum Gasteiger partial charge on any atom is 0.231 e. The van der Waals surface area contributed by atoms with Gasteiger partial charge in [0.15, 0.2) is 17.3 Å². The van der Waals surface area contributed by atoms with E-state index >= 15 is 0 Å². The van der Waals surface area contributed by atoms with E-state index in [0.717, 1.165) is 34.0 Å². The molecule has 0 unspecified atom stereocenters. The van der Waals surface area contributed by atoms with Crippen molar-refractivity contribution in [3.05, 3.63) is 53.2 Å². The van der Waals surface area contributed by atoms with Crippen LogP contribution in [0.15, 0.2) is 35.0 Å². The van der Waals surface area contributed by atoms with Crippen molar-refractivity contribution >= 4 is 5.91 Å². The average Bonchev–Trinajstić information content (AvgIpc) is 3.35. The Labute approximate surface area is 168 Å². The van der Waals surface area contributed by atoms with Gasteiger partial charge in [0.05, 0.1) is 17.0 Å². The van der Waals surface area contributed by atoms with Crippen molar-refractivity contribution in [2.75, 3.05) is 13.3 Å². The third-order valence-corrected chi connectivity index (χ3v) is 4.64. The number of hydrogen-bond donors (Lipinski definition) is 1. The highest BCUT2D eigenvalue weighted by Gasteiger charge is 2.15. The SMILES string of the molecule is Cc1cc(-c2cnc(C)nc2CCNC(=O)CCc2ccc3c(c2)OCO3)on1. The van der Waals surface area contributed by atoms with Gasteiger partial charge in [0, 0.05) is 31.6 Å². The molecule has 1 amide bonds. The first-order valence-corrected chi connectivity index (χ1v) is 9.50. The Morgan fingerprint density at radius 1 is 1.14 bits per heavy atom. The Bertz CT molecular complexity index is 1030. The fourth-order valence-corrected chi connectivity index (χ4v) is 3.17. The minimum absolute atomic E-state index is 0.00879. The Morgan fingerprint density at radius 3 is 2.83 bits per heavy atom. The summed E-state index contributed by atoms with van der Waals surface area (Å²) in [7, 11) is 0. The Hall–Kier alpha value is -3.42. The monoisotopic (exact) mass is 394 g/mol. The molecular formula is C21H22N4O4. The van der Waals surface area contributed by atoms with Gasteiger partial charge in [-0.15, -0.1) is 0 Å². The van der Waals surface area contributed by atoms with E-state index in [1.165, 1.54) is 0 Å². The fraction of sp³-hybridized carbons (Fsp3) is 0.333. The zero-order chi connectivity index (χ0) is 20.2. The first-order chi connectivity index (χ1) is 14.1. The smallest absolute Gasteiger partial charge is 0.231 e. The number of fused-ring (bicyclic) bond motifs is 1. The number of nitrogens with one attached hydrogen (secondary N) is 1. The molecule has 1 aromatic carbocycles. The zero-order valence-corrected chi connectivity index (χ0v) is 16.4. The molecule has 0 fully saturated rings. The molecule has 3 aromatic rings. The van der Waals surface area contributed by atoms with E-state index in [2.05, 4.69) is 20.4 Å². The van der Waals surface area contributed by atoms with Gasteiger partial charge in [-0.25, -0.2) is 9.97 Å². The van der Waals surface area contributed by atoms with Crippen LogP contribution in [0.3, 0.4) is 0 Å². The quantitative estimate of drug-likeness (QED) is 0.658. The van der Waals surface area contributed by atoms with Crippen molar-refractivity contribution in [1.82, 2.24) is 20.4 Å². The minimum atomic E-state index is -0.00879. The maximum absolute atomic E-state index is 12.2. The number of carbonyl (C=O) groups excluding carboxylic acids is 1. The van der Waals surface area contributed by atoms with Gasteiger partial charge in [0.25, 0.3) is 0 Å². The third-order valence-electron chi connectivity index (χ3n) is 4.64. The Balaban J connectivity index is 1.31. The third kappa shape index (κ3) is 4.53. The van der Waals surface area contributed by atoms with Crippen LogP contribution in [0, 0.1) is 13.8 Å². The Morgan fingerprint density at radius 2 is 2.00 bits per heavy atom. The molecule has 0 aliphatic carbocycles. The number of rotatable bonds is 7. The summed E-state index contributed by atoms with van der Waals surface area (Å²) in [4.78, 5) is 21.0. The molecule has 150 valence electrons. The summed E-state index contributed by atoms with van der Waals surface area (Å²) in [6, 6.07) is 7.60. The van der Waals surface area contributed by atoms with Crippen LogP contribution in [0.1, 0.15) is 29.2 Å². The van der Waals surface area contributed by atoms with Crippen LogP contribution in [-0.4, -0.2) is 34.4 Å². The summed E-state index contributed by atoms with van der Waals surface area (Å²) < 4.78 is 16.0. The lowest BCUT2D eigenvalue weighted by Gasteiger charge is -2.08. The van der Waals surface area contributed by atoms with E-state index in [1.54, 1.807) is 6.20 Å². The standard InChI is InChI=1S/C21H22N4O4/c1-13-9-19(29-25-13)16-11-23-14(2)24-17(16)7-8-22-21(26)6-4-15-3-5-18-20(10-15)28-12-27-18/h3,5,9-11H,4,6-8,12H2,1-2H3,(H,22,26). The molecule has 4 rings (SSSR count). The molecule has 0 radical (unpaired) electrons. The van der Waals surface area contributed by atoms with Crippen LogP contribution in [0.4, 0.5) is 0 Å². The van der Waals surface area contributed by atoms with Crippen LogP contribution in [0.2, 0.25) is 0 Å². The summed E-state index contributed by atoms with van der Waals surface area (Å²) in [6.45, 7) is 4.43. The molecule has 8 heteroatoms. The number of nitrogens with zero attached hydrogens (tertiary/aromatic N) is 3. The normalized spacial score (nSPS) is 12.2. The van der Waals surface area contributed by atoms with Crippen LogP contribution in [0.25, 0.3) is 11.3 Å². The Kier molecular flexibility index (Phi) is 5.41.